The third-order valence-corrected chi connectivity index (χ3v) is 3.49. The topological polar surface area (TPSA) is 52.3 Å². The maximum Gasteiger partial charge on any atom is 0.338 e. The molecule has 0 aliphatic heterocycles. The molecule has 3 heteroatoms. The van der Waals surface area contributed by atoms with Crippen LogP contribution < -0.4 is 5.73 Å². The van der Waals surface area contributed by atoms with Crippen LogP contribution in [0.25, 0.3) is 0 Å². The van der Waals surface area contributed by atoms with Crippen LogP contribution in [0.2, 0.25) is 0 Å². The summed E-state index contributed by atoms with van der Waals surface area (Å²) in [5, 5.41) is 0. The molecule has 110 valence electrons. The van der Waals surface area contributed by atoms with Gasteiger partial charge in [-0.1, -0.05) is 38.1 Å². The van der Waals surface area contributed by atoms with Gasteiger partial charge in [-0.3, -0.25) is 0 Å². The number of rotatable bonds is 4. The van der Waals surface area contributed by atoms with Crippen LogP contribution in [0.3, 0.4) is 0 Å². The molecule has 0 radical (unpaired) electrons. The molecule has 0 aliphatic carbocycles. The monoisotopic (exact) mass is 283 g/mol. The van der Waals surface area contributed by atoms with Crippen molar-refractivity contribution in [1.29, 1.82) is 0 Å². The molecule has 0 bridgehead atoms. The summed E-state index contributed by atoms with van der Waals surface area (Å²) in [6, 6.07) is 13.3. The molecule has 0 unspecified atom stereocenters. The van der Waals surface area contributed by atoms with E-state index in [1.54, 1.807) is 18.2 Å². The standard InChI is InChI=1S/C18H21NO2/c1-12(2)15-6-4-14(5-7-15)11-21-18(20)17-9-8-16(19)10-13(17)3/h4-10,12H,11,19H2,1-3H3. The number of benzene rings is 2. The number of ether oxygens (including phenoxy) is 1. The second-order valence-electron chi connectivity index (χ2n) is 5.55. The van der Waals surface area contributed by atoms with Crippen molar-refractivity contribution in [3.05, 3.63) is 64.7 Å². The van der Waals surface area contributed by atoms with Crippen LogP contribution in [0.5, 0.6) is 0 Å². The van der Waals surface area contributed by atoms with Crippen LogP contribution >= 0.6 is 0 Å². The van der Waals surface area contributed by atoms with Gasteiger partial charge >= 0.3 is 5.97 Å². The lowest BCUT2D eigenvalue weighted by atomic mass is 10.0. The van der Waals surface area contributed by atoms with Gasteiger partial charge in [-0.05, 0) is 47.7 Å². The summed E-state index contributed by atoms with van der Waals surface area (Å²) in [6.07, 6.45) is 0. The first-order valence-corrected chi connectivity index (χ1v) is 7.09. The van der Waals surface area contributed by atoms with Gasteiger partial charge in [0.05, 0.1) is 5.56 Å². The molecule has 3 nitrogen and oxygen atoms in total. The van der Waals surface area contributed by atoms with Gasteiger partial charge in [-0.15, -0.1) is 0 Å². The molecule has 0 saturated carbocycles. The first-order chi connectivity index (χ1) is 9.97. The molecule has 0 spiro atoms. The maximum absolute atomic E-state index is 12.1. The van der Waals surface area contributed by atoms with Gasteiger partial charge < -0.3 is 10.5 Å². The Balaban J connectivity index is 2.00. The van der Waals surface area contributed by atoms with Crippen LogP contribution in [-0.2, 0) is 11.3 Å². The Labute approximate surface area is 125 Å². The van der Waals surface area contributed by atoms with Crippen molar-refractivity contribution in [3.63, 3.8) is 0 Å². The Bertz CT molecular complexity index is 630. The number of esters is 1. The van der Waals surface area contributed by atoms with Crippen molar-refractivity contribution in [2.45, 2.75) is 33.3 Å². The van der Waals surface area contributed by atoms with Crippen molar-refractivity contribution < 1.29 is 9.53 Å². The second kappa shape index (κ2) is 6.44. The van der Waals surface area contributed by atoms with Crippen LogP contribution in [0.15, 0.2) is 42.5 Å². The molecular formula is C18H21NO2. The Morgan fingerprint density at radius 1 is 1.14 bits per heavy atom. The quantitative estimate of drug-likeness (QED) is 0.680. The zero-order valence-corrected chi connectivity index (χ0v) is 12.7. The van der Waals surface area contributed by atoms with Gasteiger partial charge in [-0.2, -0.15) is 0 Å². The number of hydrogen-bond acceptors (Lipinski definition) is 3. The van der Waals surface area contributed by atoms with Crippen LogP contribution in [0.1, 0.15) is 46.8 Å². The van der Waals surface area contributed by atoms with Crippen molar-refractivity contribution in [2.75, 3.05) is 5.73 Å². The average molecular weight is 283 g/mol. The summed E-state index contributed by atoms with van der Waals surface area (Å²) in [4.78, 5) is 12.1. The number of nitrogen functional groups attached to an aromatic ring is 1. The number of hydrogen-bond donors (Lipinski definition) is 1. The molecule has 21 heavy (non-hydrogen) atoms. The fourth-order valence-electron chi connectivity index (χ4n) is 2.14. The first-order valence-electron chi connectivity index (χ1n) is 7.09. The molecule has 2 aromatic rings. The zero-order valence-electron chi connectivity index (χ0n) is 12.7. The third kappa shape index (κ3) is 3.85. The minimum atomic E-state index is -0.319. The largest absolute Gasteiger partial charge is 0.457 e. The number of carbonyl (C=O) groups excluding carboxylic acids is 1. The van der Waals surface area contributed by atoms with E-state index in [1.807, 2.05) is 19.1 Å². The molecule has 0 aromatic heterocycles. The van der Waals surface area contributed by atoms with E-state index < -0.39 is 0 Å². The molecule has 2 aromatic carbocycles. The fourth-order valence-corrected chi connectivity index (χ4v) is 2.14. The van der Waals surface area contributed by atoms with Gasteiger partial charge in [0.2, 0.25) is 0 Å². The van der Waals surface area contributed by atoms with E-state index in [0.29, 0.717) is 17.2 Å². The fraction of sp³-hybridized carbons (Fsp3) is 0.278. The van der Waals surface area contributed by atoms with Crippen molar-refractivity contribution in [1.82, 2.24) is 0 Å². The Hall–Kier alpha value is -2.29. The maximum atomic E-state index is 12.1. The van der Waals surface area contributed by atoms with Crippen molar-refractivity contribution in [3.8, 4) is 0 Å². The van der Waals surface area contributed by atoms with E-state index in [2.05, 4.69) is 26.0 Å². The first kappa shape index (κ1) is 15.1. The molecule has 2 rings (SSSR count). The molecule has 0 amide bonds. The normalized spacial score (nSPS) is 10.7. The minimum absolute atomic E-state index is 0.279. The van der Waals surface area contributed by atoms with Crippen molar-refractivity contribution in [2.24, 2.45) is 0 Å². The molecule has 0 atom stereocenters. The number of anilines is 1. The highest BCUT2D eigenvalue weighted by Crippen LogP contribution is 2.17. The summed E-state index contributed by atoms with van der Waals surface area (Å²) in [7, 11) is 0. The van der Waals surface area contributed by atoms with Gasteiger partial charge in [0, 0.05) is 5.69 Å². The summed E-state index contributed by atoms with van der Waals surface area (Å²) < 4.78 is 5.36. The molecule has 0 heterocycles. The second-order valence-corrected chi connectivity index (χ2v) is 5.55. The number of nitrogens with two attached hydrogens (primary N) is 1. The Morgan fingerprint density at radius 2 is 1.81 bits per heavy atom. The Kier molecular flexibility index (Phi) is 4.63. The smallest absolute Gasteiger partial charge is 0.338 e. The number of aryl methyl sites for hydroxylation is 1. The van der Waals surface area contributed by atoms with E-state index in [-0.39, 0.29) is 12.6 Å². The molecule has 0 aliphatic rings. The number of carbonyl (C=O) groups is 1. The average Bonchev–Trinajstić information content (AvgIpc) is 2.45. The molecular weight excluding hydrogens is 262 g/mol. The summed E-state index contributed by atoms with van der Waals surface area (Å²) in [6.45, 7) is 6.43. The van der Waals surface area contributed by atoms with Crippen LogP contribution in [-0.4, -0.2) is 5.97 Å². The van der Waals surface area contributed by atoms with E-state index >= 15 is 0 Å². The van der Waals surface area contributed by atoms with Crippen molar-refractivity contribution >= 4 is 11.7 Å². The molecule has 0 saturated heterocycles. The lowest BCUT2D eigenvalue weighted by Gasteiger charge is -2.09. The van der Waals surface area contributed by atoms with Gasteiger partial charge in [-0.25, -0.2) is 4.79 Å². The van der Waals surface area contributed by atoms with E-state index in [1.165, 1.54) is 5.56 Å². The highest BCUT2D eigenvalue weighted by Gasteiger charge is 2.10. The summed E-state index contributed by atoms with van der Waals surface area (Å²) in [5.41, 5.74) is 9.98. The minimum Gasteiger partial charge on any atom is -0.457 e. The lowest BCUT2D eigenvalue weighted by molar-refractivity contribution is 0.0472. The van der Waals surface area contributed by atoms with E-state index in [9.17, 15) is 4.79 Å². The lowest BCUT2D eigenvalue weighted by Crippen LogP contribution is -2.07. The van der Waals surface area contributed by atoms with Gasteiger partial charge in [0.1, 0.15) is 6.61 Å². The third-order valence-electron chi connectivity index (χ3n) is 3.49. The highest BCUT2D eigenvalue weighted by molar-refractivity contribution is 5.91. The van der Waals surface area contributed by atoms with Crippen LogP contribution in [0, 0.1) is 6.92 Å². The summed E-state index contributed by atoms with van der Waals surface area (Å²) in [5.74, 6) is 0.180. The zero-order chi connectivity index (χ0) is 15.4. The van der Waals surface area contributed by atoms with Gasteiger partial charge in [0.15, 0.2) is 0 Å². The summed E-state index contributed by atoms with van der Waals surface area (Å²) >= 11 is 0. The Morgan fingerprint density at radius 3 is 2.38 bits per heavy atom. The van der Waals surface area contributed by atoms with Crippen LogP contribution in [0.4, 0.5) is 5.69 Å². The molecule has 2 N–H and O–H groups in total. The highest BCUT2D eigenvalue weighted by atomic mass is 16.5. The van der Waals surface area contributed by atoms with E-state index in [4.69, 9.17) is 10.5 Å². The predicted molar refractivity (Wildman–Crippen MR) is 85.2 cm³/mol. The predicted octanol–water partition coefficient (Wildman–Crippen LogP) is 4.06. The van der Waals surface area contributed by atoms with Gasteiger partial charge in [0.25, 0.3) is 0 Å². The van der Waals surface area contributed by atoms with E-state index in [0.717, 1.165) is 11.1 Å². The molecule has 0 fully saturated rings. The SMILES string of the molecule is Cc1cc(N)ccc1C(=O)OCc1ccc(C(C)C)cc1.